The maximum Gasteiger partial charge on any atom is 0.435 e. The van der Waals surface area contributed by atoms with E-state index in [-0.39, 0.29) is 15.5 Å². The fraction of sp³-hybridized carbons (Fsp3) is 0.0952. The maximum atomic E-state index is 13.5. The lowest BCUT2D eigenvalue weighted by Gasteiger charge is -2.14. The van der Waals surface area contributed by atoms with Crippen LogP contribution in [0.2, 0.25) is 0 Å². The molecule has 4 aromatic rings. The van der Waals surface area contributed by atoms with Gasteiger partial charge >= 0.3 is 12.4 Å². The first-order chi connectivity index (χ1) is 15.7. The average Bonchev–Trinajstić information content (AvgIpc) is 3.40. The molecule has 2 aromatic heterocycles. The molecular formula is C21H13F6N3O2S2. The Morgan fingerprint density at radius 2 is 1.50 bits per heavy atom. The molecule has 0 radical (unpaired) electrons. The highest BCUT2D eigenvalue weighted by molar-refractivity contribution is 7.89. The van der Waals surface area contributed by atoms with Gasteiger partial charge in [0.25, 0.3) is 0 Å². The van der Waals surface area contributed by atoms with E-state index in [9.17, 15) is 34.8 Å². The Balaban J connectivity index is 1.88. The number of hydrogen-bond donors (Lipinski definition) is 1. The molecule has 0 fully saturated rings. The van der Waals surface area contributed by atoms with Crippen LogP contribution in [-0.2, 0) is 22.4 Å². The molecule has 0 aliphatic heterocycles. The van der Waals surface area contributed by atoms with E-state index in [0.29, 0.717) is 21.2 Å². The van der Waals surface area contributed by atoms with Crippen molar-refractivity contribution in [1.82, 2.24) is 9.78 Å². The number of primary sulfonamides is 1. The summed E-state index contributed by atoms with van der Waals surface area (Å²) in [5.74, 6) is 0. The highest BCUT2D eigenvalue weighted by Gasteiger charge is 2.38. The molecule has 0 atom stereocenters. The maximum absolute atomic E-state index is 13.5. The summed E-state index contributed by atoms with van der Waals surface area (Å²) in [7, 11) is -3.99. The van der Waals surface area contributed by atoms with Gasteiger partial charge in [-0.25, -0.2) is 18.2 Å². The lowest BCUT2D eigenvalue weighted by molar-refractivity contribution is -0.141. The minimum atomic E-state index is -4.89. The van der Waals surface area contributed by atoms with Crippen LogP contribution in [0.4, 0.5) is 26.3 Å². The van der Waals surface area contributed by atoms with Crippen LogP contribution >= 0.6 is 11.3 Å². The van der Waals surface area contributed by atoms with E-state index in [1.54, 1.807) is 6.07 Å². The molecule has 13 heteroatoms. The number of hydrogen-bond acceptors (Lipinski definition) is 4. The minimum absolute atomic E-state index is 0.163. The van der Waals surface area contributed by atoms with Crippen molar-refractivity contribution in [2.45, 2.75) is 17.2 Å². The molecule has 2 N–H and O–H groups in total. The van der Waals surface area contributed by atoms with Crippen molar-refractivity contribution >= 4 is 21.4 Å². The average molecular weight is 517 g/mol. The number of para-hydroxylation sites is 1. The Labute approximate surface area is 193 Å². The first-order valence-electron chi connectivity index (χ1n) is 9.32. The van der Waals surface area contributed by atoms with Gasteiger partial charge in [-0.3, -0.25) is 0 Å². The van der Waals surface area contributed by atoms with Crippen molar-refractivity contribution in [3.63, 3.8) is 0 Å². The van der Waals surface area contributed by atoms with Gasteiger partial charge in [0.15, 0.2) is 5.69 Å². The molecule has 0 saturated carbocycles. The molecule has 178 valence electrons. The van der Waals surface area contributed by atoms with Crippen LogP contribution < -0.4 is 5.14 Å². The summed E-state index contributed by atoms with van der Waals surface area (Å²) in [5, 5.41) is 8.58. The zero-order chi connectivity index (χ0) is 24.9. The standard InChI is InChI=1S/C21H13F6N3O2S2/c22-20(23,24)14-6-1-2-7-15(14)30-16(11-19(29-30)21(25,26)27)18-9-8-17(33-18)12-4-3-5-13(10-12)34(28,31)32/h1-11H,(H2,28,31,32). The van der Waals surface area contributed by atoms with Crippen LogP contribution in [0.15, 0.2) is 71.6 Å². The quantitative estimate of drug-likeness (QED) is 0.340. The van der Waals surface area contributed by atoms with E-state index in [1.165, 1.54) is 36.4 Å². The van der Waals surface area contributed by atoms with E-state index in [2.05, 4.69) is 5.10 Å². The van der Waals surface area contributed by atoms with Gasteiger partial charge in [-0.2, -0.15) is 31.4 Å². The lowest BCUT2D eigenvalue weighted by atomic mass is 10.1. The second-order valence-corrected chi connectivity index (χ2v) is 9.72. The van der Waals surface area contributed by atoms with Gasteiger partial charge in [0.2, 0.25) is 10.0 Å². The molecule has 0 bridgehead atoms. The molecule has 4 rings (SSSR count). The highest BCUT2D eigenvalue weighted by Crippen LogP contribution is 2.41. The largest absolute Gasteiger partial charge is 0.435 e. The fourth-order valence-corrected chi connectivity index (χ4v) is 4.80. The number of benzene rings is 2. The SMILES string of the molecule is NS(=O)(=O)c1cccc(-c2ccc(-c3cc(C(F)(F)F)nn3-c3ccccc3C(F)(F)F)s2)c1. The fourth-order valence-electron chi connectivity index (χ4n) is 3.23. The number of thiophene rings is 1. The number of nitrogens with zero attached hydrogens (tertiary/aromatic N) is 2. The monoisotopic (exact) mass is 517 g/mol. The first kappa shape index (κ1) is 24.0. The summed E-state index contributed by atoms with van der Waals surface area (Å²) in [4.78, 5) is 0.491. The highest BCUT2D eigenvalue weighted by atomic mass is 32.2. The van der Waals surface area contributed by atoms with E-state index in [0.717, 1.165) is 29.5 Å². The van der Waals surface area contributed by atoms with Crippen LogP contribution in [0.3, 0.4) is 0 Å². The number of halogens is 6. The molecule has 2 aromatic carbocycles. The third kappa shape index (κ3) is 4.72. The van der Waals surface area contributed by atoms with E-state index >= 15 is 0 Å². The number of rotatable bonds is 4. The second kappa shape index (κ2) is 8.25. The van der Waals surface area contributed by atoms with Crippen molar-refractivity contribution in [1.29, 1.82) is 0 Å². The van der Waals surface area contributed by atoms with Gasteiger partial charge < -0.3 is 0 Å². The summed E-state index contributed by atoms with van der Waals surface area (Å²) >= 11 is 0.959. The summed E-state index contributed by atoms with van der Waals surface area (Å²) in [6.45, 7) is 0. The number of aromatic nitrogens is 2. The van der Waals surface area contributed by atoms with Crippen molar-refractivity contribution in [2.24, 2.45) is 5.14 Å². The van der Waals surface area contributed by atoms with E-state index in [1.807, 2.05) is 0 Å². The molecule has 0 unspecified atom stereocenters. The summed E-state index contributed by atoms with van der Waals surface area (Å²) in [5.41, 5.74) is -2.86. The molecule has 0 saturated heterocycles. The summed E-state index contributed by atoms with van der Waals surface area (Å²) < 4.78 is 105. The summed E-state index contributed by atoms with van der Waals surface area (Å²) in [6.07, 6.45) is -9.72. The molecule has 34 heavy (non-hydrogen) atoms. The normalized spacial score (nSPS) is 12.8. The van der Waals surface area contributed by atoms with Gasteiger partial charge in [0.05, 0.1) is 26.7 Å². The van der Waals surface area contributed by atoms with Crippen LogP contribution in [0.25, 0.3) is 26.7 Å². The molecular weight excluding hydrogens is 504 g/mol. The Hall–Kier alpha value is -3.16. The van der Waals surface area contributed by atoms with Crippen molar-refractivity contribution in [3.05, 3.63) is 78.0 Å². The molecule has 2 heterocycles. The van der Waals surface area contributed by atoms with Gasteiger partial charge in [0, 0.05) is 4.88 Å². The third-order valence-electron chi connectivity index (χ3n) is 4.74. The van der Waals surface area contributed by atoms with Crippen molar-refractivity contribution < 1.29 is 34.8 Å². The minimum Gasteiger partial charge on any atom is -0.231 e. The van der Waals surface area contributed by atoms with Crippen LogP contribution in [0.1, 0.15) is 11.3 Å². The Kier molecular flexibility index (Phi) is 5.82. The zero-order valence-corrected chi connectivity index (χ0v) is 18.4. The number of nitrogens with two attached hydrogens (primary N) is 1. The predicted octanol–water partition coefficient (Wildman–Crippen LogP) is 5.95. The van der Waals surface area contributed by atoms with E-state index < -0.39 is 39.3 Å². The molecule has 5 nitrogen and oxygen atoms in total. The first-order valence-corrected chi connectivity index (χ1v) is 11.7. The van der Waals surface area contributed by atoms with Crippen LogP contribution in [-0.4, -0.2) is 18.2 Å². The molecule has 0 amide bonds. The number of sulfonamides is 1. The third-order valence-corrected chi connectivity index (χ3v) is 6.81. The lowest BCUT2D eigenvalue weighted by Crippen LogP contribution is -2.13. The predicted molar refractivity (Wildman–Crippen MR) is 114 cm³/mol. The topological polar surface area (TPSA) is 78.0 Å². The van der Waals surface area contributed by atoms with Crippen molar-refractivity contribution in [3.8, 4) is 26.7 Å². The van der Waals surface area contributed by atoms with E-state index in [4.69, 9.17) is 5.14 Å². The van der Waals surface area contributed by atoms with Gasteiger partial charge in [0.1, 0.15) is 0 Å². The summed E-state index contributed by atoms with van der Waals surface area (Å²) in [6, 6.07) is 13.4. The van der Waals surface area contributed by atoms with Crippen LogP contribution in [0.5, 0.6) is 0 Å². The molecule has 0 spiro atoms. The Bertz CT molecular complexity index is 1470. The zero-order valence-electron chi connectivity index (χ0n) is 16.7. The van der Waals surface area contributed by atoms with Crippen molar-refractivity contribution in [2.75, 3.05) is 0 Å². The van der Waals surface area contributed by atoms with Gasteiger partial charge in [-0.15, -0.1) is 11.3 Å². The smallest absolute Gasteiger partial charge is 0.231 e. The molecule has 0 aliphatic carbocycles. The number of alkyl halides is 6. The Morgan fingerprint density at radius 1 is 0.824 bits per heavy atom. The second-order valence-electron chi connectivity index (χ2n) is 7.08. The van der Waals surface area contributed by atoms with Crippen LogP contribution in [0, 0.1) is 0 Å². The van der Waals surface area contributed by atoms with Gasteiger partial charge in [-0.1, -0.05) is 24.3 Å². The van der Waals surface area contributed by atoms with Gasteiger partial charge in [-0.05, 0) is 48.0 Å². The Morgan fingerprint density at radius 3 is 2.15 bits per heavy atom. The molecule has 0 aliphatic rings.